The first kappa shape index (κ1) is 11.5. The monoisotopic (exact) mass is 225 g/mol. The molecule has 1 amide bonds. The number of Topliss-reactive ketones (excluding diaryl/α,β-unsaturated/α-hetero) is 1. The van der Waals surface area contributed by atoms with Crippen molar-refractivity contribution in [3.05, 3.63) is 0 Å². The summed E-state index contributed by atoms with van der Waals surface area (Å²) < 4.78 is 0. The Morgan fingerprint density at radius 2 is 1.81 bits per heavy atom. The zero-order chi connectivity index (χ0) is 11.7. The Morgan fingerprint density at radius 1 is 1.19 bits per heavy atom. The topological polar surface area (TPSA) is 43.9 Å². The van der Waals surface area contributed by atoms with E-state index in [4.69, 9.17) is 0 Å². The third-order valence-corrected chi connectivity index (χ3v) is 3.48. The standard InChI is InChI=1S/C11H19N3O2/c1-12-3-5-14(6-4-12)11(16)10-7-9(15)8-13(10)2/h10H,3-8H2,1-2H3. The number of carbonyl (C=O) groups excluding carboxylic acids is 2. The predicted octanol–water partition coefficient (Wildman–Crippen LogP) is -0.966. The predicted molar refractivity (Wildman–Crippen MR) is 60.1 cm³/mol. The number of amides is 1. The maximum absolute atomic E-state index is 12.2. The third kappa shape index (κ3) is 2.25. The van der Waals surface area contributed by atoms with E-state index in [-0.39, 0.29) is 17.7 Å². The smallest absolute Gasteiger partial charge is 0.240 e. The minimum absolute atomic E-state index is 0.126. The van der Waals surface area contributed by atoms with Gasteiger partial charge >= 0.3 is 0 Å². The molecule has 0 aromatic carbocycles. The quantitative estimate of drug-likeness (QED) is 0.576. The second kappa shape index (κ2) is 4.51. The summed E-state index contributed by atoms with van der Waals surface area (Å²) in [6.45, 7) is 3.85. The summed E-state index contributed by atoms with van der Waals surface area (Å²) in [5.74, 6) is 0.302. The van der Waals surface area contributed by atoms with Gasteiger partial charge in [-0.2, -0.15) is 0 Å². The minimum atomic E-state index is -0.212. The van der Waals surface area contributed by atoms with E-state index in [0.29, 0.717) is 13.0 Å². The molecule has 5 nitrogen and oxygen atoms in total. The molecule has 2 fully saturated rings. The molecule has 2 rings (SSSR count). The molecular weight excluding hydrogens is 206 g/mol. The number of likely N-dealkylation sites (tertiary alicyclic amines) is 1. The summed E-state index contributed by atoms with van der Waals surface area (Å²) in [7, 11) is 3.91. The Labute approximate surface area is 96.0 Å². The molecule has 2 saturated heterocycles. The molecule has 0 radical (unpaired) electrons. The molecule has 5 heteroatoms. The number of nitrogens with zero attached hydrogens (tertiary/aromatic N) is 3. The van der Waals surface area contributed by atoms with Gasteiger partial charge in [0.05, 0.1) is 12.6 Å². The highest BCUT2D eigenvalue weighted by Crippen LogP contribution is 2.15. The molecule has 0 aromatic rings. The van der Waals surface area contributed by atoms with Crippen LogP contribution in [0.25, 0.3) is 0 Å². The lowest BCUT2D eigenvalue weighted by atomic mass is 10.1. The zero-order valence-corrected chi connectivity index (χ0v) is 9.98. The molecule has 0 saturated carbocycles. The molecule has 2 aliphatic rings. The van der Waals surface area contributed by atoms with Crippen LogP contribution in [0.1, 0.15) is 6.42 Å². The fraction of sp³-hybridized carbons (Fsp3) is 0.818. The van der Waals surface area contributed by atoms with E-state index in [2.05, 4.69) is 11.9 Å². The van der Waals surface area contributed by atoms with Crippen molar-refractivity contribution in [2.75, 3.05) is 46.8 Å². The van der Waals surface area contributed by atoms with Gasteiger partial charge in [0.25, 0.3) is 0 Å². The van der Waals surface area contributed by atoms with Gasteiger partial charge < -0.3 is 9.80 Å². The molecule has 2 heterocycles. The average molecular weight is 225 g/mol. The maximum atomic E-state index is 12.2. The van der Waals surface area contributed by atoms with E-state index >= 15 is 0 Å². The number of hydrogen-bond donors (Lipinski definition) is 0. The van der Waals surface area contributed by atoms with Crippen LogP contribution in [-0.2, 0) is 9.59 Å². The van der Waals surface area contributed by atoms with E-state index in [0.717, 1.165) is 26.2 Å². The normalized spacial score (nSPS) is 28.8. The Kier molecular flexibility index (Phi) is 3.25. The number of likely N-dealkylation sites (N-methyl/N-ethyl adjacent to an activating group) is 2. The average Bonchev–Trinajstić information content (AvgIpc) is 2.58. The Bertz CT molecular complexity index is 298. The molecule has 90 valence electrons. The van der Waals surface area contributed by atoms with Crippen molar-refractivity contribution in [3.8, 4) is 0 Å². The second-order valence-electron chi connectivity index (χ2n) is 4.80. The summed E-state index contributed by atoms with van der Waals surface area (Å²) in [5.41, 5.74) is 0. The molecule has 0 aliphatic carbocycles. The lowest BCUT2D eigenvalue weighted by Crippen LogP contribution is -2.52. The number of piperazine rings is 1. The summed E-state index contributed by atoms with van der Waals surface area (Å²) in [6, 6.07) is -0.212. The van der Waals surface area contributed by atoms with Gasteiger partial charge in [-0.25, -0.2) is 0 Å². The van der Waals surface area contributed by atoms with Crippen LogP contribution in [0.4, 0.5) is 0 Å². The van der Waals surface area contributed by atoms with Crippen molar-refractivity contribution < 1.29 is 9.59 Å². The van der Waals surface area contributed by atoms with Gasteiger partial charge in [-0.05, 0) is 14.1 Å². The van der Waals surface area contributed by atoms with E-state index in [9.17, 15) is 9.59 Å². The van der Waals surface area contributed by atoms with Gasteiger partial charge in [0.1, 0.15) is 5.78 Å². The van der Waals surface area contributed by atoms with Crippen molar-refractivity contribution in [2.24, 2.45) is 0 Å². The lowest BCUT2D eigenvalue weighted by molar-refractivity contribution is -0.137. The zero-order valence-electron chi connectivity index (χ0n) is 9.98. The Balaban J connectivity index is 1.94. The summed E-state index contributed by atoms with van der Waals surface area (Å²) in [5, 5.41) is 0. The highest BCUT2D eigenvalue weighted by molar-refractivity contribution is 5.93. The van der Waals surface area contributed by atoms with Crippen molar-refractivity contribution in [3.63, 3.8) is 0 Å². The molecule has 0 aromatic heterocycles. The number of ketones is 1. The van der Waals surface area contributed by atoms with Crippen LogP contribution >= 0.6 is 0 Å². The lowest BCUT2D eigenvalue weighted by Gasteiger charge is -2.34. The third-order valence-electron chi connectivity index (χ3n) is 3.48. The van der Waals surface area contributed by atoms with Gasteiger partial charge in [-0.3, -0.25) is 14.5 Å². The first-order valence-corrected chi connectivity index (χ1v) is 5.77. The summed E-state index contributed by atoms with van der Waals surface area (Å²) >= 11 is 0. The Morgan fingerprint density at radius 3 is 2.31 bits per heavy atom. The SMILES string of the molecule is CN1CCN(C(=O)C2CC(=O)CN2C)CC1. The van der Waals surface area contributed by atoms with E-state index in [1.807, 2.05) is 16.8 Å². The van der Waals surface area contributed by atoms with Gasteiger partial charge in [0.2, 0.25) is 5.91 Å². The highest BCUT2D eigenvalue weighted by atomic mass is 16.2. The fourth-order valence-corrected chi connectivity index (χ4v) is 2.34. The molecule has 16 heavy (non-hydrogen) atoms. The van der Waals surface area contributed by atoms with E-state index in [1.165, 1.54) is 0 Å². The minimum Gasteiger partial charge on any atom is -0.339 e. The highest BCUT2D eigenvalue weighted by Gasteiger charge is 2.36. The summed E-state index contributed by atoms with van der Waals surface area (Å²) in [6.07, 6.45) is 0.391. The van der Waals surface area contributed by atoms with Crippen molar-refractivity contribution >= 4 is 11.7 Å². The van der Waals surface area contributed by atoms with Crippen LogP contribution < -0.4 is 0 Å². The van der Waals surface area contributed by atoms with Crippen molar-refractivity contribution in [2.45, 2.75) is 12.5 Å². The van der Waals surface area contributed by atoms with Crippen molar-refractivity contribution in [1.82, 2.24) is 14.7 Å². The summed E-state index contributed by atoms with van der Waals surface area (Å²) in [4.78, 5) is 29.4. The van der Waals surface area contributed by atoms with E-state index < -0.39 is 0 Å². The van der Waals surface area contributed by atoms with Gasteiger partial charge in [0.15, 0.2) is 0 Å². The number of rotatable bonds is 1. The fourth-order valence-electron chi connectivity index (χ4n) is 2.34. The molecule has 1 unspecified atom stereocenters. The molecule has 0 spiro atoms. The largest absolute Gasteiger partial charge is 0.339 e. The molecular formula is C11H19N3O2. The molecule has 0 bridgehead atoms. The van der Waals surface area contributed by atoms with Crippen molar-refractivity contribution in [1.29, 1.82) is 0 Å². The van der Waals surface area contributed by atoms with E-state index in [1.54, 1.807) is 0 Å². The maximum Gasteiger partial charge on any atom is 0.240 e. The van der Waals surface area contributed by atoms with Gasteiger partial charge in [-0.1, -0.05) is 0 Å². The van der Waals surface area contributed by atoms with Crippen LogP contribution in [0.5, 0.6) is 0 Å². The van der Waals surface area contributed by atoms with Crippen LogP contribution in [0, 0.1) is 0 Å². The van der Waals surface area contributed by atoms with Crippen LogP contribution in [0.15, 0.2) is 0 Å². The van der Waals surface area contributed by atoms with Crippen LogP contribution in [-0.4, -0.2) is 79.3 Å². The van der Waals surface area contributed by atoms with Crippen LogP contribution in [0.3, 0.4) is 0 Å². The first-order valence-electron chi connectivity index (χ1n) is 5.77. The first-order chi connectivity index (χ1) is 7.58. The second-order valence-corrected chi connectivity index (χ2v) is 4.80. The molecule has 1 atom stereocenters. The number of carbonyl (C=O) groups is 2. The van der Waals surface area contributed by atoms with Gasteiger partial charge in [-0.15, -0.1) is 0 Å². The number of hydrogen-bond acceptors (Lipinski definition) is 4. The molecule has 2 aliphatic heterocycles. The van der Waals surface area contributed by atoms with Gasteiger partial charge in [0, 0.05) is 32.6 Å². The Hall–Kier alpha value is -0.940. The van der Waals surface area contributed by atoms with Crippen LogP contribution in [0.2, 0.25) is 0 Å². The molecule has 0 N–H and O–H groups in total.